The van der Waals surface area contributed by atoms with Crippen LogP contribution in [0.3, 0.4) is 0 Å². The van der Waals surface area contributed by atoms with Gasteiger partial charge in [-0.25, -0.2) is 0 Å². The summed E-state index contributed by atoms with van der Waals surface area (Å²) in [4.78, 5) is 0. The molecule has 0 aliphatic heterocycles. The summed E-state index contributed by atoms with van der Waals surface area (Å²) in [6.45, 7) is 11.0. The zero-order valence-electron chi connectivity index (χ0n) is 20.2. The highest BCUT2D eigenvalue weighted by Gasteiger charge is 2.29. The lowest BCUT2D eigenvalue weighted by Gasteiger charge is -2.30. The molecule has 0 unspecified atom stereocenters. The fraction of sp³-hybridized carbons (Fsp3) is 0.769. The molecule has 1 rings (SSSR count). The third-order valence-electron chi connectivity index (χ3n) is 6.28. The molecular formula is C26H46O5. The Morgan fingerprint density at radius 3 is 1.81 bits per heavy atom. The highest BCUT2D eigenvalue weighted by Crippen LogP contribution is 2.35. The van der Waals surface area contributed by atoms with Gasteiger partial charge >= 0.3 is 0 Å². The number of aliphatic hydroxyl groups is 3. The first-order valence-electron chi connectivity index (χ1n) is 12.0. The summed E-state index contributed by atoms with van der Waals surface area (Å²) in [6.07, 6.45) is 4.98. The Labute approximate surface area is 189 Å². The highest BCUT2D eigenvalue weighted by atomic mass is 16.3. The largest absolute Gasteiger partial charge is 0.508 e. The van der Waals surface area contributed by atoms with E-state index < -0.39 is 12.2 Å². The number of rotatable bonds is 15. The van der Waals surface area contributed by atoms with E-state index >= 15 is 0 Å². The molecule has 5 heteroatoms. The standard InChI is InChI=1S/C26H46O5/c1-17(2)10-24(26(31)21-13-22(28)15-23(29)14-21)25(30)9-7-6-8-18(3)11-19(4)12-20(5)16-27/h13-15,17-20,24-31H,6-12,16H2,1-5H3/t18-,19+,20-,24+,25-,26+/m1/s1. The maximum atomic E-state index is 10.9. The first kappa shape index (κ1) is 27.7. The number of benzene rings is 1. The van der Waals surface area contributed by atoms with Crippen molar-refractivity contribution in [3.05, 3.63) is 23.8 Å². The lowest BCUT2D eigenvalue weighted by Crippen LogP contribution is -2.28. The van der Waals surface area contributed by atoms with Crippen LogP contribution in [0.2, 0.25) is 0 Å². The Morgan fingerprint density at radius 1 is 0.710 bits per heavy atom. The molecule has 1 aromatic rings. The van der Waals surface area contributed by atoms with Gasteiger partial charge in [-0.05, 0) is 67.1 Å². The zero-order chi connectivity index (χ0) is 23.6. The predicted octanol–water partition coefficient (Wildman–Crippen LogP) is 5.40. The highest BCUT2D eigenvalue weighted by molar-refractivity contribution is 5.37. The van der Waals surface area contributed by atoms with Crippen molar-refractivity contribution >= 4 is 0 Å². The van der Waals surface area contributed by atoms with E-state index in [1.54, 1.807) is 0 Å². The third-order valence-corrected chi connectivity index (χ3v) is 6.28. The van der Waals surface area contributed by atoms with E-state index in [0.29, 0.717) is 42.1 Å². The van der Waals surface area contributed by atoms with Crippen LogP contribution >= 0.6 is 0 Å². The normalized spacial score (nSPS) is 17.8. The second kappa shape index (κ2) is 14.0. The van der Waals surface area contributed by atoms with Gasteiger partial charge in [0.1, 0.15) is 11.5 Å². The first-order valence-corrected chi connectivity index (χ1v) is 12.0. The Kier molecular flexibility index (Phi) is 12.5. The smallest absolute Gasteiger partial charge is 0.119 e. The number of unbranched alkanes of at least 4 members (excludes halogenated alkanes) is 1. The van der Waals surface area contributed by atoms with Gasteiger partial charge in [0, 0.05) is 18.6 Å². The van der Waals surface area contributed by atoms with E-state index in [9.17, 15) is 25.5 Å². The SMILES string of the molecule is CC(C)C[C@@H]([C@H](O)CCCC[C@@H](C)C[C@H](C)C[C@@H](C)CO)[C@@H](O)c1cc(O)cc(O)c1. The predicted molar refractivity (Wildman–Crippen MR) is 126 cm³/mol. The molecule has 0 fully saturated rings. The Bertz CT molecular complexity index is 598. The summed E-state index contributed by atoms with van der Waals surface area (Å²) in [6, 6.07) is 4.13. The fourth-order valence-electron chi connectivity index (χ4n) is 4.80. The number of aromatic hydroxyl groups is 2. The number of aliphatic hydroxyl groups excluding tert-OH is 3. The van der Waals surface area contributed by atoms with E-state index in [1.807, 2.05) is 0 Å². The van der Waals surface area contributed by atoms with Gasteiger partial charge < -0.3 is 25.5 Å². The van der Waals surface area contributed by atoms with Crippen molar-refractivity contribution in [3.63, 3.8) is 0 Å². The molecule has 0 aliphatic carbocycles. The lowest BCUT2D eigenvalue weighted by atomic mass is 9.82. The van der Waals surface area contributed by atoms with Gasteiger partial charge in [0.25, 0.3) is 0 Å². The summed E-state index contributed by atoms with van der Waals surface area (Å²) in [5, 5.41) is 50.5. The Hall–Kier alpha value is -1.30. The number of hydrogen-bond donors (Lipinski definition) is 5. The molecule has 5 N–H and O–H groups in total. The van der Waals surface area contributed by atoms with Crippen LogP contribution < -0.4 is 0 Å². The van der Waals surface area contributed by atoms with Gasteiger partial charge in [-0.1, -0.05) is 53.9 Å². The van der Waals surface area contributed by atoms with E-state index in [4.69, 9.17) is 0 Å². The fourth-order valence-corrected chi connectivity index (χ4v) is 4.80. The molecule has 0 saturated heterocycles. The van der Waals surface area contributed by atoms with Gasteiger partial charge in [-0.15, -0.1) is 0 Å². The first-order chi connectivity index (χ1) is 14.5. The van der Waals surface area contributed by atoms with Gasteiger partial charge in [-0.2, -0.15) is 0 Å². The van der Waals surface area contributed by atoms with Crippen molar-refractivity contribution in [2.24, 2.45) is 29.6 Å². The minimum atomic E-state index is -0.941. The molecule has 180 valence electrons. The van der Waals surface area contributed by atoms with Crippen LogP contribution in [-0.2, 0) is 0 Å². The van der Waals surface area contributed by atoms with Crippen LogP contribution in [0.1, 0.15) is 91.2 Å². The molecule has 6 atom stereocenters. The number of hydrogen-bond acceptors (Lipinski definition) is 5. The molecule has 0 aromatic heterocycles. The van der Waals surface area contributed by atoms with Gasteiger partial charge in [0.2, 0.25) is 0 Å². The molecule has 31 heavy (non-hydrogen) atoms. The van der Waals surface area contributed by atoms with Crippen LogP contribution in [0.15, 0.2) is 18.2 Å². The minimum absolute atomic E-state index is 0.0940. The van der Waals surface area contributed by atoms with E-state index in [0.717, 1.165) is 32.1 Å². The van der Waals surface area contributed by atoms with Crippen molar-refractivity contribution in [2.45, 2.75) is 91.8 Å². The van der Waals surface area contributed by atoms with E-state index in [-0.39, 0.29) is 24.0 Å². The molecule has 1 aromatic carbocycles. The molecule has 5 nitrogen and oxygen atoms in total. The van der Waals surface area contributed by atoms with E-state index in [2.05, 4.69) is 34.6 Å². The summed E-state index contributed by atoms with van der Waals surface area (Å²) < 4.78 is 0. The van der Waals surface area contributed by atoms with Crippen LogP contribution in [0, 0.1) is 29.6 Å². The monoisotopic (exact) mass is 438 g/mol. The van der Waals surface area contributed by atoms with Crippen LogP contribution in [0.4, 0.5) is 0 Å². The van der Waals surface area contributed by atoms with Crippen molar-refractivity contribution in [1.82, 2.24) is 0 Å². The lowest BCUT2D eigenvalue weighted by molar-refractivity contribution is -0.00476. The van der Waals surface area contributed by atoms with Crippen molar-refractivity contribution in [2.75, 3.05) is 6.61 Å². The maximum absolute atomic E-state index is 10.9. The van der Waals surface area contributed by atoms with Crippen LogP contribution in [0.5, 0.6) is 11.5 Å². The summed E-state index contributed by atoms with van der Waals surface area (Å²) in [5.41, 5.74) is 0.432. The molecule has 0 aliphatic rings. The second-order valence-corrected chi connectivity index (χ2v) is 10.3. The molecule has 0 bridgehead atoms. The molecule has 0 amide bonds. The molecular weight excluding hydrogens is 392 g/mol. The summed E-state index contributed by atoms with van der Waals surface area (Å²) in [5.74, 6) is 1.35. The van der Waals surface area contributed by atoms with Gasteiger partial charge in [0.15, 0.2) is 0 Å². The Morgan fingerprint density at radius 2 is 1.26 bits per heavy atom. The van der Waals surface area contributed by atoms with Crippen molar-refractivity contribution in [3.8, 4) is 11.5 Å². The minimum Gasteiger partial charge on any atom is -0.508 e. The molecule has 0 heterocycles. The van der Waals surface area contributed by atoms with Gasteiger partial charge in [-0.3, -0.25) is 0 Å². The van der Waals surface area contributed by atoms with Crippen LogP contribution in [0.25, 0.3) is 0 Å². The summed E-state index contributed by atoms with van der Waals surface area (Å²) >= 11 is 0. The number of phenols is 2. The number of phenolic OH excluding ortho intramolecular Hbond substituents is 2. The Balaban J connectivity index is 2.55. The average Bonchev–Trinajstić information content (AvgIpc) is 2.67. The molecule has 0 radical (unpaired) electrons. The van der Waals surface area contributed by atoms with Crippen molar-refractivity contribution in [1.29, 1.82) is 0 Å². The zero-order valence-corrected chi connectivity index (χ0v) is 20.2. The van der Waals surface area contributed by atoms with Crippen LogP contribution in [-0.4, -0.2) is 38.2 Å². The quantitative estimate of drug-likeness (QED) is 0.236. The average molecular weight is 439 g/mol. The van der Waals surface area contributed by atoms with Crippen molar-refractivity contribution < 1.29 is 25.5 Å². The molecule has 0 saturated carbocycles. The van der Waals surface area contributed by atoms with E-state index in [1.165, 1.54) is 18.2 Å². The maximum Gasteiger partial charge on any atom is 0.119 e. The summed E-state index contributed by atoms with van der Waals surface area (Å²) in [7, 11) is 0. The second-order valence-electron chi connectivity index (χ2n) is 10.3. The third kappa shape index (κ3) is 10.7. The topological polar surface area (TPSA) is 101 Å². The molecule has 0 spiro atoms. The van der Waals surface area contributed by atoms with Gasteiger partial charge in [0.05, 0.1) is 12.2 Å².